The van der Waals surface area contributed by atoms with Gasteiger partial charge in [-0.3, -0.25) is 4.79 Å². The molecule has 0 saturated heterocycles. The minimum atomic E-state index is -0.369. The Hall–Kier alpha value is -1.71. The summed E-state index contributed by atoms with van der Waals surface area (Å²) < 4.78 is 0. The third-order valence-corrected chi connectivity index (χ3v) is 2.08. The van der Waals surface area contributed by atoms with E-state index in [-0.39, 0.29) is 23.0 Å². The van der Waals surface area contributed by atoms with Crippen LogP contribution in [0.25, 0.3) is 0 Å². The fourth-order valence-corrected chi connectivity index (χ4v) is 1.19. The zero-order valence-corrected chi connectivity index (χ0v) is 8.66. The molecular weight excluding hydrogens is 194 g/mol. The van der Waals surface area contributed by atoms with Crippen LogP contribution in [0.4, 0.5) is 0 Å². The summed E-state index contributed by atoms with van der Waals surface area (Å²) >= 11 is 0. The van der Waals surface area contributed by atoms with Crippen LogP contribution in [0.2, 0.25) is 0 Å². The number of benzene rings is 1. The second-order valence-corrected chi connectivity index (χ2v) is 3.28. The van der Waals surface area contributed by atoms with Crippen molar-refractivity contribution in [1.29, 1.82) is 0 Å². The maximum Gasteiger partial charge on any atom is 0.255 e. The Balaban J connectivity index is 2.69. The number of aromatic hydroxyl groups is 2. The summed E-state index contributed by atoms with van der Waals surface area (Å²) in [7, 11) is 0. The fraction of sp³-hybridized carbons (Fsp3) is 0.364. The molecule has 82 valence electrons. The molecule has 0 bridgehead atoms. The highest BCUT2D eigenvalue weighted by molar-refractivity contribution is 5.97. The summed E-state index contributed by atoms with van der Waals surface area (Å²) in [4.78, 5) is 11.5. The standard InChI is InChI=1S/C11H15NO3/c1-2-3-7-12-11(15)8-5-4-6-9(13)10(8)14/h4-6,13-14H,2-3,7H2,1H3,(H,12,15). The molecule has 0 saturated carbocycles. The highest BCUT2D eigenvalue weighted by atomic mass is 16.3. The van der Waals surface area contributed by atoms with Gasteiger partial charge in [-0.05, 0) is 18.6 Å². The van der Waals surface area contributed by atoms with Crippen LogP contribution in [0.3, 0.4) is 0 Å². The molecule has 0 unspecified atom stereocenters. The van der Waals surface area contributed by atoms with Crippen LogP contribution in [0.15, 0.2) is 18.2 Å². The molecule has 0 aliphatic rings. The number of para-hydroxylation sites is 1. The predicted molar refractivity (Wildman–Crippen MR) is 57.0 cm³/mol. The predicted octanol–water partition coefficient (Wildman–Crippen LogP) is 1.63. The van der Waals surface area contributed by atoms with Gasteiger partial charge in [0.15, 0.2) is 11.5 Å². The largest absolute Gasteiger partial charge is 0.504 e. The van der Waals surface area contributed by atoms with E-state index < -0.39 is 0 Å². The first-order valence-electron chi connectivity index (χ1n) is 4.96. The first kappa shape index (κ1) is 11.4. The van der Waals surface area contributed by atoms with Crippen molar-refractivity contribution in [2.75, 3.05) is 6.54 Å². The molecule has 0 fully saturated rings. The number of phenolic OH excluding ortho intramolecular Hbond substituents is 2. The van der Waals surface area contributed by atoms with E-state index in [4.69, 9.17) is 0 Å². The third-order valence-electron chi connectivity index (χ3n) is 2.08. The van der Waals surface area contributed by atoms with Gasteiger partial charge >= 0.3 is 0 Å². The number of hydrogen-bond donors (Lipinski definition) is 3. The lowest BCUT2D eigenvalue weighted by atomic mass is 10.1. The van der Waals surface area contributed by atoms with E-state index in [2.05, 4.69) is 5.32 Å². The monoisotopic (exact) mass is 209 g/mol. The van der Waals surface area contributed by atoms with E-state index in [1.165, 1.54) is 18.2 Å². The summed E-state index contributed by atoms with van der Waals surface area (Å²) in [5.41, 5.74) is 0.103. The van der Waals surface area contributed by atoms with Crippen molar-refractivity contribution in [3.8, 4) is 11.5 Å². The lowest BCUT2D eigenvalue weighted by Gasteiger charge is -2.06. The van der Waals surface area contributed by atoms with Crippen molar-refractivity contribution in [2.24, 2.45) is 0 Å². The van der Waals surface area contributed by atoms with Gasteiger partial charge in [0.25, 0.3) is 5.91 Å². The molecule has 1 rings (SSSR count). The van der Waals surface area contributed by atoms with Crippen LogP contribution in [-0.2, 0) is 0 Å². The van der Waals surface area contributed by atoms with Gasteiger partial charge in [-0.1, -0.05) is 19.4 Å². The molecule has 1 amide bonds. The van der Waals surface area contributed by atoms with Gasteiger partial charge in [0.05, 0.1) is 5.56 Å². The van der Waals surface area contributed by atoms with Gasteiger partial charge in [0, 0.05) is 6.54 Å². The SMILES string of the molecule is CCCCNC(=O)c1cccc(O)c1O. The van der Waals surface area contributed by atoms with Crippen LogP contribution in [-0.4, -0.2) is 22.7 Å². The number of unbranched alkanes of at least 4 members (excludes halogenated alkanes) is 1. The minimum absolute atomic E-state index is 0.103. The molecule has 0 aliphatic heterocycles. The Kier molecular flexibility index (Phi) is 3.97. The number of phenols is 2. The third kappa shape index (κ3) is 2.87. The maximum atomic E-state index is 11.5. The van der Waals surface area contributed by atoms with Crippen LogP contribution in [0.5, 0.6) is 11.5 Å². The molecule has 0 radical (unpaired) electrons. The molecular formula is C11H15NO3. The number of carbonyl (C=O) groups excluding carboxylic acids is 1. The lowest BCUT2D eigenvalue weighted by Crippen LogP contribution is -2.24. The number of amides is 1. The van der Waals surface area contributed by atoms with Crippen LogP contribution in [0.1, 0.15) is 30.1 Å². The Bertz CT molecular complexity index is 350. The first-order chi connectivity index (χ1) is 7.16. The molecule has 15 heavy (non-hydrogen) atoms. The van der Waals surface area contributed by atoms with Gasteiger partial charge in [-0.25, -0.2) is 0 Å². The fourth-order valence-electron chi connectivity index (χ4n) is 1.19. The van der Waals surface area contributed by atoms with E-state index in [0.717, 1.165) is 12.8 Å². The quantitative estimate of drug-likeness (QED) is 0.521. The van der Waals surface area contributed by atoms with Crippen molar-refractivity contribution in [3.05, 3.63) is 23.8 Å². The van der Waals surface area contributed by atoms with E-state index >= 15 is 0 Å². The van der Waals surface area contributed by atoms with Crippen molar-refractivity contribution in [1.82, 2.24) is 5.32 Å². The molecule has 0 heterocycles. The number of nitrogens with one attached hydrogen (secondary N) is 1. The molecule has 0 aliphatic carbocycles. The van der Waals surface area contributed by atoms with Gasteiger partial charge in [-0.15, -0.1) is 0 Å². The zero-order valence-electron chi connectivity index (χ0n) is 8.66. The Morgan fingerprint density at radius 3 is 2.80 bits per heavy atom. The number of carbonyl (C=O) groups is 1. The second kappa shape index (κ2) is 5.24. The summed E-state index contributed by atoms with van der Waals surface area (Å²) in [6.45, 7) is 2.60. The molecule has 3 N–H and O–H groups in total. The highest BCUT2D eigenvalue weighted by Crippen LogP contribution is 2.27. The van der Waals surface area contributed by atoms with Crippen LogP contribution in [0, 0.1) is 0 Å². The lowest BCUT2D eigenvalue weighted by molar-refractivity contribution is 0.0950. The minimum Gasteiger partial charge on any atom is -0.504 e. The summed E-state index contributed by atoms with van der Waals surface area (Å²) in [6.07, 6.45) is 1.89. The average molecular weight is 209 g/mol. The topological polar surface area (TPSA) is 69.6 Å². The Labute approximate surface area is 88.6 Å². The first-order valence-corrected chi connectivity index (χ1v) is 4.96. The number of hydrogen-bond acceptors (Lipinski definition) is 3. The van der Waals surface area contributed by atoms with Gasteiger partial charge < -0.3 is 15.5 Å². The summed E-state index contributed by atoms with van der Waals surface area (Å²) in [6, 6.07) is 4.32. The van der Waals surface area contributed by atoms with Crippen LogP contribution < -0.4 is 5.32 Å². The summed E-state index contributed by atoms with van der Waals surface area (Å²) in [5.74, 6) is -1.01. The normalized spacial score (nSPS) is 9.93. The highest BCUT2D eigenvalue weighted by Gasteiger charge is 2.12. The summed E-state index contributed by atoms with van der Waals surface area (Å²) in [5, 5.41) is 21.3. The Morgan fingerprint density at radius 2 is 2.13 bits per heavy atom. The molecule has 1 aromatic rings. The molecule has 1 aromatic carbocycles. The van der Waals surface area contributed by atoms with E-state index in [1.807, 2.05) is 6.92 Å². The number of rotatable bonds is 4. The molecule has 0 spiro atoms. The van der Waals surface area contributed by atoms with Crippen molar-refractivity contribution >= 4 is 5.91 Å². The van der Waals surface area contributed by atoms with E-state index in [1.54, 1.807) is 0 Å². The van der Waals surface area contributed by atoms with Gasteiger partial charge in [0.2, 0.25) is 0 Å². The zero-order chi connectivity index (χ0) is 11.3. The van der Waals surface area contributed by atoms with Gasteiger partial charge in [0.1, 0.15) is 0 Å². The van der Waals surface area contributed by atoms with Crippen LogP contribution >= 0.6 is 0 Å². The maximum absolute atomic E-state index is 11.5. The molecule has 0 atom stereocenters. The molecule has 4 nitrogen and oxygen atoms in total. The Morgan fingerprint density at radius 1 is 1.40 bits per heavy atom. The second-order valence-electron chi connectivity index (χ2n) is 3.28. The molecule has 4 heteroatoms. The van der Waals surface area contributed by atoms with E-state index in [9.17, 15) is 15.0 Å². The van der Waals surface area contributed by atoms with E-state index in [0.29, 0.717) is 6.54 Å². The smallest absolute Gasteiger partial charge is 0.255 e. The van der Waals surface area contributed by atoms with Crippen molar-refractivity contribution in [3.63, 3.8) is 0 Å². The van der Waals surface area contributed by atoms with Crippen molar-refractivity contribution < 1.29 is 15.0 Å². The van der Waals surface area contributed by atoms with Crippen molar-refractivity contribution in [2.45, 2.75) is 19.8 Å². The van der Waals surface area contributed by atoms with Gasteiger partial charge in [-0.2, -0.15) is 0 Å². The average Bonchev–Trinajstić information content (AvgIpc) is 2.22. The molecule has 0 aromatic heterocycles.